The lowest BCUT2D eigenvalue weighted by molar-refractivity contribution is -0.147. The van der Waals surface area contributed by atoms with Gasteiger partial charge in [-0.2, -0.15) is 0 Å². The van der Waals surface area contributed by atoms with Gasteiger partial charge in [-0.15, -0.1) is 0 Å². The molecular formula is C18H28O3. The summed E-state index contributed by atoms with van der Waals surface area (Å²) in [5.74, 6) is 0.346. The molecule has 21 heavy (non-hydrogen) atoms. The molecule has 0 heterocycles. The lowest BCUT2D eigenvalue weighted by atomic mass is 9.80. The third-order valence-corrected chi connectivity index (χ3v) is 3.48. The number of benzene rings is 1. The Labute approximate surface area is 128 Å². The molecule has 0 fully saturated rings. The standard InChI is InChI=1S/C18H28O3/c1-12(16(19)20-8)21-15-10-13(17(2,3)4)9-14(11-15)18(5,6)7/h9-12H,1-8H3/t12-/m0/s1. The Morgan fingerprint density at radius 2 is 1.38 bits per heavy atom. The summed E-state index contributed by atoms with van der Waals surface area (Å²) in [7, 11) is 1.37. The molecular weight excluding hydrogens is 264 g/mol. The zero-order valence-corrected chi connectivity index (χ0v) is 14.5. The van der Waals surface area contributed by atoms with Gasteiger partial charge in [0.15, 0.2) is 6.10 Å². The maximum atomic E-state index is 11.5. The van der Waals surface area contributed by atoms with Crippen LogP contribution in [0, 0.1) is 0 Å². The minimum Gasteiger partial charge on any atom is -0.479 e. The van der Waals surface area contributed by atoms with E-state index in [4.69, 9.17) is 9.47 Å². The van der Waals surface area contributed by atoms with E-state index >= 15 is 0 Å². The number of hydrogen-bond acceptors (Lipinski definition) is 3. The first-order valence-corrected chi connectivity index (χ1v) is 7.35. The van der Waals surface area contributed by atoms with Crippen LogP contribution in [0.3, 0.4) is 0 Å². The fourth-order valence-electron chi connectivity index (χ4n) is 1.95. The van der Waals surface area contributed by atoms with Crippen LogP contribution >= 0.6 is 0 Å². The smallest absolute Gasteiger partial charge is 0.346 e. The van der Waals surface area contributed by atoms with E-state index in [0.717, 1.165) is 0 Å². The molecule has 1 aromatic carbocycles. The summed E-state index contributed by atoms with van der Waals surface area (Å²) >= 11 is 0. The highest BCUT2D eigenvalue weighted by atomic mass is 16.6. The van der Waals surface area contributed by atoms with Crippen LogP contribution in [0.15, 0.2) is 18.2 Å². The number of carbonyl (C=O) groups is 1. The molecule has 1 aromatic rings. The number of hydrogen-bond donors (Lipinski definition) is 0. The van der Waals surface area contributed by atoms with Crippen LogP contribution in [0.1, 0.15) is 59.6 Å². The second-order valence-electron chi connectivity index (χ2n) is 7.53. The van der Waals surface area contributed by atoms with Gasteiger partial charge in [-0.3, -0.25) is 0 Å². The van der Waals surface area contributed by atoms with Gasteiger partial charge in [0, 0.05) is 0 Å². The molecule has 118 valence electrons. The van der Waals surface area contributed by atoms with Gasteiger partial charge in [-0.25, -0.2) is 4.79 Å². The van der Waals surface area contributed by atoms with E-state index in [-0.39, 0.29) is 16.8 Å². The van der Waals surface area contributed by atoms with Crippen LogP contribution in [-0.4, -0.2) is 19.2 Å². The predicted octanol–water partition coefficient (Wildman–Crippen LogP) is 4.22. The minimum absolute atomic E-state index is 0.0217. The van der Waals surface area contributed by atoms with Crippen LogP contribution in [0.5, 0.6) is 5.75 Å². The summed E-state index contributed by atoms with van der Waals surface area (Å²) in [5, 5.41) is 0. The Morgan fingerprint density at radius 1 is 0.952 bits per heavy atom. The maximum absolute atomic E-state index is 11.5. The lowest BCUT2D eigenvalue weighted by Crippen LogP contribution is -2.25. The molecule has 0 amide bonds. The van der Waals surface area contributed by atoms with E-state index in [1.807, 2.05) is 12.1 Å². The summed E-state index contributed by atoms with van der Waals surface area (Å²) in [6.07, 6.45) is -0.613. The highest BCUT2D eigenvalue weighted by Gasteiger charge is 2.22. The summed E-state index contributed by atoms with van der Waals surface area (Å²) < 4.78 is 10.5. The fourth-order valence-corrected chi connectivity index (χ4v) is 1.95. The van der Waals surface area contributed by atoms with Gasteiger partial charge in [-0.1, -0.05) is 47.6 Å². The zero-order valence-electron chi connectivity index (χ0n) is 14.5. The second-order valence-corrected chi connectivity index (χ2v) is 7.53. The molecule has 0 saturated carbocycles. The molecule has 0 unspecified atom stereocenters. The molecule has 1 atom stereocenters. The highest BCUT2D eigenvalue weighted by Crippen LogP contribution is 2.33. The fraction of sp³-hybridized carbons (Fsp3) is 0.611. The molecule has 0 aliphatic carbocycles. The lowest BCUT2D eigenvalue weighted by Gasteiger charge is -2.26. The number of esters is 1. The van der Waals surface area contributed by atoms with Crippen molar-refractivity contribution in [2.45, 2.75) is 65.4 Å². The zero-order chi connectivity index (χ0) is 16.4. The van der Waals surface area contributed by atoms with E-state index in [2.05, 4.69) is 47.6 Å². The third-order valence-electron chi connectivity index (χ3n) is 3.48. The number of rotatable bonds is 3. The third kappa shape index (κ3) is 4.76. The van der Waals surface area contributed by atoms with E-state index in [9.17, 15) is 4.79 Å². The Kier molecular flexibility index (Phi) is 5.08. The van der Waals surface area contributed by atoms with Crippen molar-refractivity contribution >= 4 is 5.97 Å². The molecule has 0 aliphatic rings. The SMILES string of the molecule is COC(=O)[C@H](C)Oc1cc(C(C)(C)C)cc(C(C)(C)C)c1. The topological polar surface area (TPSA) is 35.5 Å². The largest absolute Gasteiger partial charge is 0.479 e. The van der Waals surface area contributed by atoms with Gasteiger partial charge in [0.2, 0.25) is 0 Å². The van der Waals surface area contributed by atoms with Crippen LogP contribution in [0.2, 0.25) is 0 Å². The average molecular weight is 292 g/mol. The number of ether oxygens (including phenoxy) is 2. The van der Waals surface area contributed by atoms with Gasteiger partial charge < -0.3 is 9.47 Å². The van der Waals surface area contributed by atoms with Crippen LogP contribution < -0.4 is 4.74 Å². The van der Waals surface area contributed by atoms with Gasteiger partial charge in [0.25, 0.3) is 0 Å². The summed E-state index contributed by atoms with van der Waals surface area (Å²) in [6.45, 7) is 14.7. The number of carbonyl (C=O) groups excluding carboxylic acids is 1. The highest BCUT2D eigenvalue weighted by molar-refractivity contribution is 5.74. The van der Waals surface area contributed by atoms with Crippen LogP contribution in [-0.2, 0) is 20.4 Å². The van der Waals surface area contributed by atoms with Gasteiger partial charge in [0.1, 0.15) is 5.75 Å². The Balaban J connectivity index is 3.23. The minimum atomic E-state index is -0.613. The van der Waals surface area contributed by atoms with Gasteiger partial charge in [0.05, 0.1) is 7.11 Å². The quantitative estimate of drug-likeness (QED) is 0.782. The van der Waals surface area contributed by atoms with E-state index in [1.54, 1.807) is 6.92 Å². The Hall–Kier alpha value is -1.51. The molecule has 3 heteroatoms. The van der Waals surface area contributed by atoms with Crippen molar-refractivity contribution in [3.05, 3.63) is 29.3 Å². The monoisotopic (exact) mass is 292 g/mol. The molecule has 0 N–H and O–H groups in total. The van der Waals surface area contributed by atoms with Crippen molar-refractivity contribution in [2.24, 2.45) is 0 Å². The second kappa shape index (κ2) is 6.08. The van der Waals surface area contributed by atoms with Crippen molar-refractivity contribution in [2.75, 3.05) is 7.11 Å². The molecule has 0 aromatic heterocycles. The molecule has 3 nitrogen and oxygen atoms in total. The van der Waals surface area contributed by atoms with Crippen molar-refractivity contribution in [3.8, 4) is 5.75 Å². The van der Waals surface area contributed by atoms with E-state index in [0.29, 0.717) is 5.75 Å². The van der Waals surface area contributed by atoms with Crippen molar-refractivity contribution in [3.63, 3.8) is 0 Å². The molecule has 1 rings (SSSR count). The van der Waals surface area contributed by atoms with Crippen molar-refractivity contribution < 1.29 is 14.3 Å². The average Bonchev–Trinajstić information content (AvgIpc) is 2.35. The first kappa shape index (κ1) is 17.5. The van der Waals surface area contributed by atoms with Gasteiger partial charge in [-0.05, 0) is 41.0 Å². The normalized spacial score (nSPS) is 13.7. The van der Waals surface area contributed by atoms with E-state index < -0.39 is 6.10 Å². The summed E-state index contributed by atoms with van der Waals surface area (Å²) in [4.78, 5) is 11.5. The molecule has 0 spiro atoms. The van der Waals surface area contributed by atoms with Gasteiger partial charge >= 0.3 is 5.97 Å². The van der Waals surface area contributed by atoms with Crippen molar-refractivity contribution in [1.29, 1.82) is 0 Å². The Bertz CT molecular complexity index is 472. The Morgan fingerprint density at radius 3 is 1.71 bits per heavy atom. The van der Waals surface area contributed by atoms with Crippen molar-refractivity contribution in [1.82, 2.24) is 0 Å². The van der Waals surface area contributed by atoms with E-state index in [1.165, 1.54) is 18.2 Å². The predicted molar refractivity (Wildman–Crippen MR) is 85.9 cm³/mol. The van der Waals surface area contributed by atoms with Crippen LogP contribution in [0.4, 0.5) is 0 Å². The molecule has 0 radical (unpaired) electrons. The summed E-state index contributed by atoms with van der Waals surface area (Å²) in [5.41, 5.74) is 2.44. The first-order valence-electron chi connectivity index (χ1n) is 7.35. The molecule has 0 bridgehead atoms. The maximum Gasteiger partial charge on any atom is 0.346 e. The van der Waals surface area contributed by atoms with Crippen LogP contribution in [0.25, 0.3) is 0 Å². The first-order chi connectivity index (χ1) is 9.45. The molecule has 0 aliphatic heterocycles. The summed E-state index contributed by atoms with van der Waals surface area (Å²) in [6, 6.07) is 6.24. The number of methoxy groups -OCH3 is 1. The molecule has 0 saturated heterocycles.